The number of nitrogens with one attached hydrogen (secondary N) is 2. The van der Waals surface area contributed by atoms with Crippen molar-refractivity contribution in [3.05, 3.63) is 59.4 Å². The van der Waals surface area contributed by atoms with E-state index in [1.165, 1.54) is 0 Å². The molecule has 7 nitrogen and oxygen atoms in total. The molecule has 132 valence electrons. The molecule has 0 radical (unpaired) electrons. The smallest absolute Gasteiger partial charge is 0.276 e. The molecule has 1 aliphatic rings. The zero-order valence-electron chi connectivity index (χ0n) is 14.3. The van der Waals surface area contributed by atoms with Gasteiger partial charge in [0.15, 0.2) is 0 Å². The van der Waals surface area contributed by atoms with Gasteiger partial charge in [-0.15, -0.1) is 11.3 Å². The van der Waals surface area contributed by atoms with E-state index in [0.29, 0.717) is 11.7 Å². The Morgan fingerprint density at radius 1 is 1.22 bits per heavy atom. The SMILES string of the molecule is Cn1ncc2cc(/C=C3\N=C(Nc4ccc5ncsc5c4)NC3=O)ccc21. The van der Waals surface area contributed by atoms with Gasteiger partial charge in [0, 0.05) is 18.1 Å². The lowest BCUT2D eigenvalue weighted by atomic mass is 10.1. The van der Waals surface area contributed by atoms with Gasteiger partial charge >= 0.3 is 0 Å². The molecule has 2 aromatic carbocycles. The van der Waals surface area contributed by atoms with Gasteiger partial charge < -0.3 is 5.32 Å². The molecule has 8 heteroatoms. The molecule has 0 bridgehead atoms. The van der Waals surface area contributed by atoms with E-state index in [0.717, 1.165) is 32.4 Å². The summed E-state index contributed by atoms with van der Waals surface area (Å²) in [7, 11) is 1.90. The average molecular weight is 374 g/mol. The Morgan fingerprint density at radius 2 is 2.15 bits per heavy atom. The third-order valence-corrected chi connectivity index (χ3v) is 5.16. The topological polar surface area (TPSA) is 84.2 Å². The maximum absolute atomic E-state index is 12.3. The van der Waals surface area contributed by atoms with Crippen LogP contribution >= 0.6 is 11.3 Å². The van der Waals surface area contributed by atoms with Crippen LogP contribution in [0.4, 0.5) is 5.69 Å². The van der Waals surface area contributed by atoms with E-state index in [9.17, 15) is 4.79 Å². The molecule has 4 aromatic rings. The molecule has 0 aliphatic carbocycles. The Hall–Kier alpha value is -3.52. The molecule has 0 spiro atoms. The number of thiazole rings is 1. The van der Waals surface area contributed by atoms with Crippen molar-refractivity contribution in [2.45, 2.75) is 0 Å². The van der Waals surface area contributed by atoms with Crippen LogP contribution in [0.2, 0.25) is 0 Å². The van der Waals surface area contributed by atoms with Crippen molar-refractivity contribution < 1.29 is 4.79 Å². The maximum atomic E-state index is 12.3. The normalized spacial score (nSPS) is 15.5. The Balaban J connectivity index is 1.42. The molecule has 0 fully saturated rings. The summed E-state index contributed by atoms with van der Waals surface area (Å²) in [6.45, 7) is 0. The number of amides is 1. The number of guanidine groups is 1. The highest BCUT2D eigenvalue weighted by molar-refractivity contribution is 7.16. The number of carbonyl (C=O) groups excluding carboxylic acids is 1. The van der Waals surface area contributed by atoms with Crippen molar-refractivity contribution in [1.29, 1.82) is 0 Å². The number of aryl methyl sites for hydroxylation is 1. The molecule has 5 rings (SSSR count). The van der Waals surface area contributed by atoms with Crippen LogP contribution in [0.3, 0.4) is 0 Å². The Labute approximate surface area is 158 Å². The monoisotopic (exact) mass is 374 g/mol. The van der Waals surface area contributed by atoms with Crippen molar-refractivity contribution in [2.24, 2.45) is 12.0 Å². The number of hydrogen-bond donors (Lipinski definition) is 2. The lowest BCUT2D eigenvalue weighted by Crippen LogP contribution is -2.29. The third-order valence-electron chi connectivity index (χ3n) is 4.36. The minimum Gasteiger partial charge on any atom is -0.326 e. The minimum absolute atomic E-state index is 0.234. The first-order valence-electron chi connectivity index (χ1n) is 8.29. The highest BCUT2D eigenvalue weighted by atomic mass is 32.1. The number of carbonyl (C=O) groups is 1. The Morgan fingerprint density at radius 3 is 3.07 bits per heavy atom. The second-order valence-electron chi connectivity index (χ2n) is 6.19. The molecule has 0 saturated carbocycles. The fourth-order valence-corrected chi connectivity index (χ4v) is 3.74. The summed E-state index contributed by atoms with van der Waals surface area (Å²) in [5.74, 6) is 0.181. The molecule has 0 saturated heterocycles. The summed E-state index contributed by atoms with van der Waals surface area (Å²) < 4.78 is 2.89. The Bertz CT molecular complexity index is 1270. The molecule has 27 heavy (non-hydrogen) atoms. The van der Waals surface area contributed by atoms with E-state index in [-0.39, 0.29) is 5.91 Å². The molecule has 1 aliphatic heterocycles. The fraction of sp³-hybridized carbons (Fsp3) is 0.0526. The van der Waals surface area contributed by atoms with Crippen LogP contribution in [0, 0.1) is 0 Å². The third kappa shape index (κ3) is 2.85. The summed E-state index contributed by atoms with van der Waals surface area (Å²) in [4.78, 5) is 20.9. The zero-order chi connectivity index (χ0) is 18.4. The largest absolute Gasteiger partial charge is 0.326 e. The first-order valence-corrected chi connectivity index (χ1v) is 9.17. The van der Waals surface area contributed by atoms with E-state index >= 15 is 0 Å². The first-order chi connectivity index (χ1) is 13.2. The van der Waals surface area contributed by atoms with Gasteiger partial charge in [0.2, 0.25) is 5.96 Å². The molecule has 3 heterocycles. The lowest BCUT2D eigenvalue weighted by Gasteiger charge is -2.04. The number of anilines is 1. The van der Waals surface area contributed by atoms with Gasteiger partial charge in [-0.25, -0.2) is 9.98 Å². The van der Waals surface area contributed by atoms with Crippen molar-refractivity contribution in [3.8, 4) is 0 Å². The molecule has 0 atom stereocenters. The molecular weight excluding hydrogens is 360 g/mol. The summed E-state index contributed by atoms with van der Waals surface area (Å²) in [5.41, 5.74) is 5.91. The predicted octanol–water partition coefficient (Wildman–Crippen LogP) is 3.12. The number of fused-ring (bicyclic) bond motifs is 2. The van der Waals surface area contributed by atoms with E-state index in [2.05, 4.69) is 25.7 Å². The number of hydrogen-bond acceptors (Lipinski definition) is 6. The van der Waals surface area contributed by atoms with E-state index in [4.69, 9.17) is 0 Å². The summed E-state index contributed by atoms with van der Waals surface area (Å²) in [6, 6.07) is 11.7. The number of aromatic nitrogens is 3. The zero-order valence-corrected chi connectivity index (χ0v) is 15.1. The number of benzene rings is 2. The predicted molar refractivity (Wildman–Crippen MR) is 108 cm³/mol. The van der Waals surface area contributed by atoms with E-state index < -0.39 is 0 Å². The highest BCUT2D eigenvalue weighted by Gasteiger charge is 2.20. The first kappa shape index (κ1) is 15.7. The maximum Gasteiger partial charge on any atom is 0.276 e. The molecular formula is C19H14N6OS. The van der Waals surface area contributed by atoms with Crippen LogP contribution in [-0.2, 0) is 11.8 Å². The van der Waals surface area contributed by atoms with Crippen molar-refractivity contribution in [1.82, 2.24) is 20.1 Å². The van der Waals surface area contributed by atoms with Crippen molar-refractivity contribution in [3.63, 3.8) is 0 Å². The Kier molecular flexibility index (Phi) is 3.51. The standard InChI is InChI=1S/C19H14N6OS/c1-25-16-5-2-11(6-12(16)9-21-25)7-15-18(26)24-19(23-15)22-13-3-4-14-17(8-13)27-10-20-14/h2-10H,1H3,(H2,22,23,24,26)/b15-7-. The van der Waals surface area contributed by atoms with Gasteiger partial charge in [-0.1, -0.05) is 6.07 Å². The van der Waals surface area contributed by atoms with Gasteiger partial charge in [0.1, 0.15) is 5.70 Å². The van der Waals surface area contributed by atoms with Crippen LogP contribution in [0.15, 0.2) is 58.8 Å². The summed E-state index contributed by atoms with van der Waals surface area (Å²) in [6.07, 6.45) is 3.57. The van der Waals surface area contributed by atoms with Gasteiger partial charge in [-0.3, -0.25) is 14.8 Å². The van der Waals surface area contributed by atoms with Crippen LogP contribution in [0.1, 0.15) is 5.56 Å². The van der Waals surface area contributed by atoms with E-state index in [1.807, 2.05) is 53.6 Å². The summed E-state index contributed by atoms with van der Waals surface area (Å²) in [5, 5.41) is 11.2. The van der Waals surface area contributed by atoms with E-state index in [1.54, 1.807) is 23.6 Å². The molecule has 2 aromatic heterocycles. The number of rotatable bonds is 2. The average Bonchev–Trinajstić information content (AvgIpc) is 3.35. The summed E-state index contributed by atoms with van der Waals surface area (Å²) >= 11 is 1.57. The van der Waals surface area contributed by atoms with Gasteiger partial charge in [-0.05, 0) is 42.0 Å². The lowest BCUT2D eigenvalue weighted by molar-refractivity contribution is -0.115. The molecule has 2 N–H and O–H groups in total. The quantitative estimate of drug-likeness (QED) is 0.528. The van der Waals surface area contributed by atoms with Gasteiger partial charge in [0.05, 0.1) is 27.4 Å². The van der Waals surface area contributed by atoms with Crippen LogP contribution in [0.5, 0.6) is 0 Å². The molecule has 0 unspecified atom stereocenters. The van der Waals surface area contributed by atoms with Crippen molar-refractivity contribution >= 4 is 56.1 Å². The van der Waals surface area contributed by atoms with Crippen LogP contribution in [-0.4, -0.2) is 26.6 Å². The number of aliphatic imine (C=N–C) groups is 1. The second-order valence-corrected chi connectivity index (χ2v) is 7.08. The van der Waals surface area contributed by atoms with Gasteiger partial charge in [0.25, 0.3) is 5.91 Å². The van der Waals surface area contributed by atoms with Crippen LogP contribution in [0.25, 0.3) is 27.2 Å². The fourth-order valence-electron chi connectivity index (χ4n) is 3.03. The van der Waals surface area contributed by atoms with Gasteiger partial charge in [-0.2, -0.15) is 5.10 Å². The highest BCUT2D eigenvalue weighted by Crippen LogP contribution is 2.23. The molecule has 1 amide bonds. The second kappa shape index (κ2) is 6.03. The van der Waals surface area contributed by atoms with Crippen LogP contribution < -0.4 is 10.6 Å². The minimum atomic E-state index is -0.234. The number of nitrogens with zero attached hydrogens (tertiary/aromatic N) is 4. The van der Waals surface area contributed by atoms with Crippen molar-refractivity contribution in [2.75, 3.05) is 5.32 Å².